The molecule has 0 aliphatic rings. The van der Waals surface area contributed by atoms with Crippen LogP contribution >= 0.6 is 23.2 Å². The molecule has 1 aromatic carbocycles. The molecule has 0 aromatic heterocycles. The highest BCUT2D eigenvalue weighted by molar-refractivity contribution is 7.89. The van der Waals surface area contributed by atoms with Gasteiger partial charge in [-0.3, -0.25) is 4.79 Å². The first-order valence-corrected chi connectivity index (χ1v) is 7.12. The second-order valence-corrected chi connectivity index (χ2v) is 5.88. The van der Waals surface area contributed by atoms with E-state index in [0.29, 0.717) is 0 Å². The zero-order chi connectivity index (χ0) is 13.8. The molecule has 0 atom stereocenters. The fourth-order valence-electron chi connectivity index (χ4n) is 1.15. The van der Waals surface area contributed by atoms with E-state index in [2.05, 4.69) is 9.46 Å². The minimum Gasteiger partial charge on any atom is -0.469 e. The summed E-state index contributed by atoms with van der Waals surface area (Å²) in [4.78, 5) is 10.7. The van der Waals surface area contributed by atoms with E-state index >= 15 is 0 Å². The SMILES string of the molecule is COC(=O)CCNS(=O)(=O)c1cc(Cl)ccc1Cl. The van der Waals surface area contributed by atoms with Crippen molar-refractivity contribution in [2.45, 2.75) is 11.3 Å². The highest BCUT2D eigenvalue weighted by Crippen LogP contribution is 2.24. The highest BCUT2D eigenvalue weighted by atomic mass is 35.5. The fraction of sp³-hybridized carbons (Fsp3) is 0.300. The number of carbonyl (C=O) groups excluding carboxylic acids is 1. The Balaban J connectivity index is 2.80. The molecule has 8 heteroatoms. The molecule has 100 valence electrons. The second-order valence-electron chi connectivity index (χ2n) is 3.30. The summed E-state index contributed by atoms with van der Waals surface area (Å²) >= 11 is 11.5. The van der Waals surface area contributed by atoms with E-state index in [1.165, 1.54) is 25.3 Å². The van der Waals surface area contributed by atoms with Crippen LogP contribution in [0, 0.1) is 0 Å². The van der Waals surface area contributed by atoms with E-state index in [-0.39, 0.29) is 27.9 Å². The first kappa shape index (κ1) is 15.2. The van der Waals surface area contributed by atoms with Crippen LogP contribution in [0.1, 0.15) is 6.42 Å². The molecule has 0 radical (unpaired) electrons. The summed E-state index contributed by atoms with van der Waals surface area (Å²) in [6.07, 6.45) is -0.0616. The van der Waals surface area contributed by atoms with Gasteiger partial charge < -0.3 is 4.74 Å². The molecule has 5 nitrogen and oxygen atoms in total. The Morgan fingerprint density at radius 3 is 2.67 bits per heavy atom. The lowest BCUT2D eigenvalue weighted by molar-refractivity contribution is -0.140. The van der Waals surface area contributed by atoms with Crippen LogP contribution in [-0.4, -0.2) is 28.0 Å². The van der Waals surface area contributed by atoms with Crippen molar-refractivity contribution < 1.29 is 17.9 Å². The summed E-state index contributed by atoms with van der Waals surface area (Å²) in [5.41, 5.74) is 0. The Kier molecular flexibility index (Phi) is 5.40. The van der Waals surface area contributed by atoms with Gasteiger partial charge in [0.1, 0.15) is 4.90 Å². The average Bonchev–Trinajstić information content (AvgIpc) is 2.31. The Labute approximate surface area is 115 Å². The number of hydrogen-bond donors (Lipinski definition) is 1. The Morgan fingerprint density at radius 1 is 1.39 bits per heavy atom. The smallest absolute Gasteiger partial charge is 0.306 e. The van der Waals surface area contributed by atoms with Gasteiger partial charge in [0, 0.05) is 11.6 Å². The van der Waals surface area contributed by atoms with Gasteiger partial charge in [-0.25, -0.2) is 13.1 Å². The molecule has 0 amide bonds. The fourth-order valence-corrected chi connectivity index (χ4v) is 2.94. The second kappa shape index (κ2) is 6.38. The molecule has 1 N–H and O–H groups in total. The molecule has 1 rings (SSSR count). The molecule has 18 heavy (non-hydrogen) atoms. The zero-order valence-electron chi connectivity index (χ0n) is 9.44. The molecule has 0 aliphatic heterocycles. The van der Waals surface area contributed by atoms with Crippen molar-refractivity contribution in [3.05, 3.63) is 28.2 Å². The van der Waals surface area contributed by atoms with Gasteiger partial charge in [-0.15, -0.1) is 0 Å². The molecular formula is C10H11Cl2NO4S. The first-order valence-electron chi connectivity index (χ1n) is 4.88. The average molecular weight is 312 g/mol. The zero-order valence-corrected chi connectivity index (χ0v) is 11.8. The Bertz CT molecular complexity index is 545. The number of benzene rings is 1. The minimum atomic E-state index is -3.79. The summed E-state index contributed by atoms with van der Waals surface area (Å²) in [7, 11) is -2.56. The minimum absolute atomic E-state index is 0.0602. The molecular weight excluding hydrogens is 301 g/mol. The van der Waals surface area contributed by atoms with Crippen LogP contribution in [0.15, 0.2) is 23.1 Å². The highest BCUT2D eigenvalue weighted by Gasteiger charge is 2.18. The van der Waals surface area contributed by atoms with Crippen molar-refractivity contribution in [1.29, 1.82) is 0 Å². The predicted octanol–water partition coefficient (Wildman–Crippen LogP) is 1.83. The number of methoxy groups -OCH3 is 1. The van der Waals surface area contributed by atoms with Gasteiger partial charge in [-0.1, -0.05) is 23.2 Å². The van der Waals surface area contributed by atoms with E-state index in [1.807, 2.05) is 0 Å². The van der Waals surface area contributed by atoms with Gasteiger partial charge in [0.15, 0.2) is 0 Å². The number of ether oxygens (including phenoxy) is 1. The summed E-state index contributed by atoms with van der Waals surface area (Å²) in [5.74, 6) is -0.505. The molecule has 0 saturated heterocycles. The molecule has 0 fully saturated rings. The number of rotatable bonds is 5. The number of halogens is 2. The lowest BCUT2D eigenvalue weighted by atomic mass is 10.4. The van der Waals surface area contributed by atoms with E-state index < -0.39 is 16.0 Å². The van der Waals surface area contributed by atoms with Crippen LogP contribution in [0.3, 0.4) is 0 Å². The maximum Gasteiger partial charge on any atom is 0.306 e. The van der Waals surface area contributed by atoms with Crippen molar-refractivity contribution in [3.63, 3.8) is 0 Å². The quantitative estimate of drug-likeness (QED) is 0.842. The molecule has 0 unspecified atom stereocenters. The summed E-state index contributed by atoms with van der Waals surface area (Å²) in [5, 5.41) is 0.317. The third-order valence-electron chi connectivity index (χ3n) is 2.03. The predicted molar refractivity (Wildman–Crippen MR) is 68.3 cm³/mol. The maximum absolute atomic E-state index is 11.9. The van der Waals surface area contributed by atoms with Crippen LogP contribution < -0.4 is 4.72 Å². The number of carbonyl (C=O) groups is 1. The van der Waals surface area contributed by atoms with Crippen molar-refractivity contribution in [2.24, 2.45) is 0 Å². The number of esters is 1. The topological polar surface area (TPSA) is 72.5 Å². The monoisotopic (exact) mass is 311 g/mol. The Hall–Kier alpha value is -0.820. The summed E-state index contributed by atoms with van der Waals surface area (Å²) < 4.78 is 30.4. The third-order valence-corrected chi connectivity index (χ3v) is 4.21. The van der Waals surface area contributed by atoms with Crippen molar-refractivity contribution >= 4 is 39.2 Å². The Morgan fingerprint density at radius 2 is 2.06 bits per heavy atom. The third kappa shape index (κ3) is 4.13. The summed E-state index contributed by atoms with van der Waals surface area (Å²) in [6.45, 7) is -0.0716. The van der Waals surface area contributed by atoms with Gasteiger partial charge in [0.05, 0.1) is 18.6 Å². The standard InChI is InChI=1S/C10H11Cl2NO4S/c1-17-10(14)4-5-13-18(15,16)9-6-7(11)2-3-8(9)12/h2-3,6,13H,4-5H2,1H3. The first-order chi connectivity index (χ1) is 8.36. The van der Waals surface area contributed by atoms with Gasteiger partial charge in [0.25, 0.3) is 0 Å². The van der Waals surface area contributed by atoms with E-state index in [4.69, 9.17) is 23.2 Å². The van der Waals surface area contributed by atoms with Crippen molar-refractivity contribution in [2.75, 3.05) is 13.7 Å². The van der Waals surface area contributed by atoms with Crippen LogP contribution in [0.25, 0.3) is 0 Å². The van der Waals surface area contributed by atoms with Gasteiger partial charge in [0.2, 0.25) is 10.0 Å². The van der Waals surface area contributed by atoms with Crippen LogP contribution in [0.5, 0.6) is 0 Å². The molecule has 1 aromatic rings. The lowest BCUT2D eigenvalue weighted by Crippen LogP contribution is -2.26. The molecule has 0 saturated carbocycles. The van der Waals surface area contributed by atoms with Crippen LogP contribution in [0.2, 0.25) is 10.0 Å². The van der Waals surface area contributed by atoms with E-state index in [9.17, 15) is 13.2 Å². The summed E-state index contributed by atoms with van der Waals surface area (Å²) in [6, 6.07) is 4.11. The van der Waals surface area contributed by atoms with Crippen molar-refractivity contribution in [1.82, 2.24) is 4.72 Å². The number of nitrogens with one attached hydrogen (secondary N) is 1. The van der Waals surface area contributed by atoms with E-state index in [1.54, 1.807) is 0 Å². The molecule has 0 spiro atoms. The van der Waals surface area contributed by atoms with Gasteiger partial charge >= 0.3 is 5.97 Å². The lowest BCUT2D eigenvalue weighted by Gasteiger charge is -2.08. The van der Waals surface area contributed by atoms with Gasteiger partial charge in [-0.2, -0.15) is 0 Å². The van der Waals surface area contributed by atoms with Gasteiger partial charge in [-0.05, 0) is 18.2 Å². The molecule has 0 heterocycles. The van der Waals surface area contributed by atoms with E-state index in [0.717, 1.165) is 0 Å². The molecule has 0 bridgehead atoms. The normalized spacial score (nSPS) is 11.3. The van der Waals surface area contributed by atoms with Crippen LogP contribution in [0.4, 0.5) is 0 Å². The van der Waals surface area contributed by atoms with Crippen LogP contribution in [-0.2, 0) is 19.6 Å². The molecule has 0 aliphatic carbocycles. The maximum atomic E-state index is 11.9. The number of hydrogen-bond acceptors (Lipinski definition) is 4. The number of sulfonamides is 1. The van der Waals surface area contributed by atoms with Crippen molar-refractivity contribution in [3.8, 4) is 0 Å². The largest absolute Gasteiger partial charge is 0.469 e.